The van der Waals surface area contributed by atoms with Gasteiger partial charge in [0, 0.05) is 9.79 Å². The van der Waals surface area contributed by atoms with E-state index in [1.54, 1.807) is 11.8 Å². The quantitative estimate of drug-likeness (QED) is 0.109. The second-order valence-electron chi connectivity index (χ2n) is 8.56. The van der Waals surface area contributed by atoms with Crippen LogP contribution in [0.4, 0.5) is 13.2 Å². The standard InChI is InChI=1S/C16H21F3O5S.C12H10S/c17-16(18,19)25(20,21)24-15-8-6-13(7-9-15)10-11-22-12-23-14-4-2-1-3-5-14;1-3-7-11(8-4-1)13-12-9-5-2-6-10-12/h6-9,14H,1-5,10-12H2;1-10H. The molecule has 3 aromatic carbocycles. The summed E-state index contributed by atoms with van der Waals surface area (Å²) in [5, 5.41) is 0. The molecule has 1 aliphatic rings. The molecule has 206 valence electrons. The van der Waals surface area contributed by atoms with Crippen LogP contribution in [0.15, 0.2) is 94.7 Å². The zero-order valence-electron chi connectivity index (χ0n) is 20.8. The zero-order chi connectivity index (χ0) is 27.3. The maximum absolute atomic E-state index is 12.2. The summed E-state index contributed by atoms with van der Waals surface area (Å²) in [5.74, 6) is -0.386. The molecule has 1 saturated carbocycles. The predicted octanol–water partition coefficient (Wildman–Crippen LogP) is 7.62. The topological polar surface area (TPSA) is 61.8 Å². The lowest BCUT2D eigenvalue weighted by Gasteiger charge is -2.21. The second kappa shape index (κ2) is 15.2. The number of ether oxygens (including phenoxy) is 2. The highest BCUT2D eigenvalue weighted by Gasteiger charge is 2.48. The predicted molar refractivity (Wildman–Crippen MR) is 142 cm³/mol. The third-order valence-corrected chi connectivity index (χ3v) is 7.60. The highest BCUT2D eigenvalue weighted by Crippen LogP contribution is 2.28. The Bertz CT molecular complexity index is 1130. The molecule has 0 N–H and O–H groups in total. The van der Waals surface area contributed by atoms with Gasteiger partial charge >= 0.3 is 15.6 Å². The number of halogens is 3. The summed E-state index contributed by atoms with van der Waals surface area (Å²) in [7, 11) is -5.64. The molecule has 0 saturated heterocycles. The van der Waals surface area contributed by atoms with Crippen molar-refractivity contribution in [2.75, 3.05) is 13.4 Å². The molecule has 3 aromatic rings. The number of hydrogen-bond acceptors (Lipinski definition) is 6. The van der Waals surface area contributed by atoms with Crippen LogP contribution in [0.1, 0.15) is 37.7 Å². The summed E-state index contributed by atoms with van der Waals surface area (Å²) in [4.78, 5) is 2.57. The number of benzene rings is 3. The Balaban J connectivity index is 0.000000256. The van der Waals surface area contributed by atoms with Crippen LogP contribution in [-0.2, 0) is 26.0 Å². The van der Waals surface area contributed by atoms with Gasteiger partial charge in [0.15, 0.2) is 0 Å². The molecule has 1 fully saturated rings. The summed E-state index contributed by atoms with van der Waals surface area (Å²) in [5.41, 5.74) is -4.66. The fourth-order valence-electron chi connectivity index (χ4n) is 3.62. The van der Waals surface area contributed by atoms with Gasteiger partial charge in [-0.05, 0) is 61.2 Å². The van der Waals surface area contributed by atoms with Crippen molar-refractivity contribution in [3.05, 3.63) is 90.5 Å². The van der Waals surface area contributed by atoms with Gasteiger partial charge in [0.1, 0.15) is 12.5 Å². The molecule has 0 spiro atoms. The second-order valence-corrected chi connectivity index (χ2v) is 11.2. The lowest BCUT2D eigenvalue weighted by molar-refractivity contribution is -0.0975. The van der Waals surface area contributed by atoms with E-state index in [-0.39, 0.29) is 18.6 Å². The van der Waals surface area contributed by atoms with Crippen LogP contribution >= 0.6 is 11.8 Å². The smallest absolute Gasteiger partial charge is 0.376 e. The Morgan fingerprint density at radius 3 is 1.87 bits per heavy atom. The van der Waals surface area contributed by atoms with Crippen LogP contribution in [0, 0.1) is 0 Å². The van der Waals surface area contributed by atoms with Crippen LogP contribution in [0.2, 0.25) is 0 Å². The Labute approximate surface area is 226 Å². The lowest BCUT2D eigenvalue weighted by Crippen LogP contribution is -2.28. The molecule has 0 atom stereocenters. The number of rotatable bonds is 10. The van der Waals surface area contributed by atoms with Gasteiger partial charge in [-0.2, -0.15) is 21.6 Å². The minimum atomic E-state index is -5.64. The Kier molecular flexibility index (Phi) is 12.0. The molecule has 0 heterocycles. The van der Waals surface area contributed by atoms with E-state index in [9.17, 15) is 21.6 Å². The van der Waals surface area contributed by atoms with Crippen LogP contribution in [0.5, 0.6) is 5.75 Å². The highest BCUT2D eigenvalue weighted by atomic mass is 32.2. The molecule has 0 aromatic heterocycles. The largest absolute Gasteiger partial charge is 0.534 e. The molecule has 38 heavy (non-hydrogen) atoms. The first-order valence-electron chi connectivity index (χ1n) is 12.3. The maximum atomic E-state index is 12.2. The van der Waals surface area contributed by atoms with Gasteiger partial charge in [-0.15, -0.1) is 0 Å². The van der Waals surface area contributed by atoms with E-state index in [0.717, 1.165) is 18.4 Å². The summed E-state index contributed by atoms with van der Waals surface area (Å²) in [6.07, 6.45) is 6.54. The average Bonchev–Trinajstić information content (AvgIpc) is 2.91. The molecule has 0 unspecified atom stereocenters. The van der Waals surface area contributed by atoms with Crippen molar-refractivity contribution in [1.29, 1.82) is 0 Å². The summed E-state index contributed by atoms with van der Waals surface area (Å²) in [6.45, 7) is 0.615. The molecular formula is C28H31F3O5S2. The first-order chi connectivity index (χ1) is 18.2. The van der Waals surface area contributed by atoms with Gasteiger partial charge in [-0.25, -0.2) is 0 Å². The number of hydrogen-bond donors (Lipinski definition) is 0. The van der Waals surface area contributed by atoms with Gasteiger partial charge in [0.05, 0.1) is 12.7 Å². The minimum Gasteiger partial charge on any atom is -0.376 e. The molecule has 5 nitrogen and oxygen atoms in total. The Morgan fingerprint density at radius 2 is 1.34 bits per heavy atom. The average molecular weight is 569 g/mol. The minimum absolute atomic E-state index is 0.218. The van der Waals surface area contributed by atoms with Crippen LogP contribution in [0.25, 0.3) is 0 Å². The molecule has 0 bridgehead atoms. The lowest BCUT2D eigenvalue weighted by atomic mass is 9.98. The van der Waals surface area contributed by atoms with Crippen molar-refractivity contribution in [2.45, 2.75) is 59.9 Å². The van der Waals surface area contributed by atoms with E-state index in [1.807, 2.05) is 12.1 Å². The maximum Gasteiger partial charge on any atom is 0.534 e. The van der Waals surface area contributed by atoms with E-state index in [4.69, 9.17) is 9.47 Å². The van der Waals surface area contributed by atoms with Crippen LogP contribution in [0.3, 0.4) is 0 Å². The van der Waals surface area contributed by atoms with Crippen molar-refractivity contribution in [3.8, 4) is 5.75 Å². The molecule has 4 rings (SSSR count). The summed E-state index contributed by atoms with van der Waals surface area (Å²) < 4.78 is 73.5. The van der Waals surface area contributed by atoms with Crippen LogP contribution < -0.4 is 4.18 Å². The van der Waals surface area contributed by atoms with Gasteiger partial charge in [-0.1, -0.05) is 79.6 Å². The summed E-state index contributed by atoms with van der Waals surface area (Å²) in [6, 6.07) is 26.1. The Hall–Kier alpha value is -2.53. The normalized spacial score (nSPS) is 14.4. The fourth-order valence-corrected chi connectivity index (χ4v) is 4.94. The van der Waals surface area contributed by atoms with Crippen molar-refractivity contribution >= 4 is 21.9 Å². The fraction of sp³-hybridized carbons (Fsp3) is 0.357. The third kappa shape index (κ3) is 10.7. The van der Waals surface area contributed by atoms with E-state index < -0.39 is 15.6 Å². The number of alkyl halides is 3. The first-order valence-corrected chi connectivity index (χ1v) is 14.5. The molecular weight excluding hydrogens is 537 g/mol. The van der Waals surface area contributed by atoms with E-state index in [1.165, 1.54) is 53.3 Å². The van der Waals surface area contributed by atoms with Crippen LogP contribution in [-0.4, -0.2) is 33.4 Å². The molecule has 0 radical (unpaired) electrons. The van der Waals surface area contributed by atoms with Gasteiger partial charge in [-0.3, -0.25) is 0 Å². The molecule has 1 aliphatic carbocycles. The van der Waals surface area contributed by atoms with Gasteiger partial charge in [0.25, 0.3) is 0 Å². The van der Waals surface area contributed by atoms with Crippen molar-refractivity contribution in [2.24, 2.45) is 0 Å². The molecule has 0 amide bonds. The Morgan fingerprint density at radius 1 is 0.789 bits per heavy atom. The van der Waals surface area contributed by atoms with E-state index in [2.05, 4.69) is 52.7 Å². The van der Waals surface area contributed by atoms with Gasteiger partial charge in [0.2, 0.25) is 0 Å². The zero-order valence-corrected chi connectivity index (χ0v) is 22.4. The van der Waals surface area contributed by atoms with Crippen molar-refractivity contribution in [1.82, 2.24) is 0 Å². The monoisotopic (exact) mass is 568 g/mol. The van der Waals surface area contributed by atoms with Crippen molar-refractivity contribution in [3.63, 3.8) is 0 Å². The highest BCUT2D eigenvalue weighted by molar-refractivity contribution is 7.99. The third-order valence-electron chi connectivity index (χ3n) is 5.61. The SMILES string of the molecule is O=S(=O)(Oc1ccc(CCOCOC2CCCCC2)cc1)C(F)(F)F.c1ccc(Sc2ccccc2)cc1. The van der Waals surface area contributed by atoms with Crippen molar-refractivity contribution < 1.29 is 35.2 Å². The molecule has 10 heteroatoms. The van der Waals surface area contributed by atoms with E-state index >= 15 is 0 Å². The van der Waals surface area contributed by atoms with Gasteiger partial charge < -0.3 is 13.7 Å². The van der Waals surface area contributed by atoms with E-state index in [0.29, 0.717) is 13.0 Å². The molecule has 0 aliphatic heterocycles. The summed E-state index contributed by atoms with van der Waals surface area (Å²) >= 11 is 1.79. The first kappa shape index (κ1) is 30.0.